The van der Waals surface area contributed by atoms with Crippen LogP contribution in [0.15, 0.2) is 18.2 Å². The number of rotatable bonds is 1. The van der Waals surface area contributed by atoms with E-state index in [0.29, 0.717) is 13.2 Å². The van der Waals surface area contributed by atoms with Crippen LogP contribution in [0.4, 0.5) is 5.69 Å². The van der Waals surface area contributed by atoms with E-state index >= 15 is 0 Å². The van der Waals surface area contributed by atoms with E-state index in [1.54, 1.807) is 0 Å². The number of hydrazine groups is 1. The molecule has 18 heavy (non-hydrogen) atoms. The van der Waals surface area contributed by atoms with Gasteiger partial charge in [0.25, 0.3) is 0 Å². The second-order valence-corrected chi connectivity index (χ2v) is 4.32. The van der Waals surface area contributed by atoms with Crippen LogP contribution < -0.4 is 20.7 Å². The molecule has 5 heteroatoms. The summed E-state index contributed by atoms with van der Waals surface area (Å²) in [4.78, 5) is 4.49. The molecule has 0 saturated heterocycles. The molecule has 3 rings (SSSR count). The molecule has 0 atom stereocenters. The Bertz CT molecular complexity index is 598. The molecule has 0 amide bonds. The van der Waals surface area contributed by atoms with Crippen LogP contribution in [0.1, 0.15) is 12.1 Å². The Balaban J connectivity index is 2.24. The topological polar surface area (TPSA) is 69.4 Å². The predicted octanol–water partition coefficient (Wildman–Crippen LogP) is 1.99. The van der Waals surface area contributed by atoms with Crippen molar-refractivity contribution < 1.29 is 9.47 Å². The largest absolute Gasteiger partial charge is 0.490 e. The fourth-order valence-corrected chi connectivity index (χ4v) is 2.13. The average molecular weight is 245 g/mol. The van der Waals surface area contributed by atoms with Gasteiger partial charge >= 0.3 is 0 Å². The highest BCUT2D eigenvalue weighted by Gasteiger charge is 2.14. The highest BCUT2D eigenvalue weighted by molar-refractivity contribution is 5.93. The van der Waals surface area contributed by atoms with E-state index < -0.39 is 0 Å². The lowest BCUT2D eigenvalue weighted by atomic mass is 10.1. The van der Waals surface area contributed by atoms with Crippen LogP contribution in [-0.2, 0) is 0 Å². The lowest BCUT2D eigenvalue weighted by Gasteiger charge is -2.11. The third-order valence-electron chi connectivity index (χ3n) is 2.96. The van der Waals surface area contributed by atoms with Crippen LogP contribution in [0.25, 0.3) is 10.9 Å². The van der Waals surface area contributed by atoms with Gasteiger partial charge in [0.1, 0.15) is 0 Å². The second-order valence-electron chi connectivity index (χ2n) is 4.32. The number of nitrogen functional groups attached to an aromatic ring is 1. The Labute approximate surface area is 105 Å². The molecule has 0 spiro atoms. The van der Waals surface area contributed by atoms with Crippen LogP contribution in [0, 0.1) is 6.92 Å². The third-order valence-corrected chi connectivity index (χ3v) is 2.96. The monoisotopic (exact) mass is 245 g/mol. The summed E-state index contributed by atoms with van der Waals surface area (Å²) in [7, 11) is 0. The fourth-order valence-electron chi connectivity index (χ4n) is 2.13. The van der Waals surface area contributed by atoms with E-state index in [2.05, 4.69) is 10.4 Å². The quantitative estimate of drug-likeness (QED) is 0.594. The zero-order valence-corrected chi connectivity index (χ0v) is 10.2. The highest BCUT2D eigenvalue weighted by atomic mass is 16.5. The van der Waals surface area contributed by atoms with Gasteiger partial charge in [-0.1, -0.05) is 0 Å². The summed E-state index contributed by atoms with van der Waals surface area (Å²) in [6.45, 7) is 3.28. The SMILES string of the molecule is Cc1cc(NN)c2cc3c(cc2n1)OCCCO3. The molecule has 1 aliphatic rings. The van der Waals surface area contributed by atoms with Crippen molar-refractivity contribution in [2.45, 2.75) is 13.3 Å². The molecule has 0 radical (unpaired) electrons. The molecule has 0 saturated carbocycles. The van der Waals surface area contributed by atoms with Gasteiger partial charge in [0.2, 0.25) is 0 Å². The van der Waals surface area contributed by atoms with E-state index in [9.17, 15) is 0 Å². The highest BCUT2D eigenvalue weighted by Crippen LogP contribution is 2.36. The van der Waals surface area contributed by atoms with Crippen molar-refractivity contribution in [3.8, 4) is 11.5 Å². The van der Waals surface area contributed by atoms with E-state index in [1.807, 2.05) is 25.1 Å². The molecule has 2 heterocycles. The molecule has 2 aromatic rings. The summed E-state index contributed by atoms with van der Waals surface area (Å²) in [6.07, 6.45) is 0.888. The summed E-state index contributed by atoms with van der Waals surface area (Å²) in [6, 6.07) is 5.74. The fraction of sp³-hybridized carbons (Fsp3) is 0.308. The van der Waals surface area contributed by atoms with Crippen LogP contribution in [0.3, 0.4) is 0 Å². The number of nitrogens with zero attached hydrogens (tertiary/aromatic N) is 1. The van der Waals surface area contributed by atoms with Gasteiger partial charge in [-0.25, -0.2) is 0 Å². The molecular weight excluding hydrogens is 230 g/mol. The normalized spacial score (nSPS) is 14.3. The molecule has 0 unspecified atom stereocenters. The Morgan fingerprint density at radius 3 is 2.61 bits per heavy atom. The minimum Gasteiger partial charge on any atom is -0.490 e. The maximum absolute atomic E-state index is 5.66. The van der Waals surface area contributed by atoms with Crippen LogP contribution in [0.5, 0.6) is 11.5 Å². The van der Waals surface area contributed by atoms with Gasteiger partial charge in [0.15, 0.2) is 11.5 Å². The van der Waals surface area contributed by atoms with Crippen LogP contribution >= 0.6 is 0 Å². The zero-order valence-electron chi connectivity index (χ0n) is 10.2. The van der Waals surface area contributed by atoms with Crippen molar-refractivity contribution in [2.75, 3.05) is 18.6 Å². The Morgan fingerprint density at radius 2 is 1.89 bits per heavy atom. The van der Waals surface area contributed by atoms with Crippen molar-refractivity contribution in [2.24, 2.45) is 5.84 Å². The number of ether oxygens (including phenoxy) is 2. The number of fused-ring (bicyclic) bond motifs is 2. The number of nitrogens with one attached hydrogen (secondary N) is 1. The minimum absolute atomic E-state index is 0.670. The van der Waals surface area contributed by atoms with Crippen molar-refractivity contribution in [3.63, 3.8) is 0 Å². The Hall–Kier alpha value is -2.01. The number of hydrogen-bond donors (Lipinski definition) is 2. The average Bonchev–Trinajstić information content (AvgIpc) is 2.60. The number of benzene rings is 1. The summed E-state index contributed by atoms with van der Waals surface area (Å²) in [5, 5.41) is 0.937. The maximum atomic E-state index is 5.66. The number of pyridine rings is 1. The zero-order chi connectivity index (χ0) is 12.5. The predicted molar refractivity (Wildman–Crippen MR) is 69.9 cm³/mol. The summed E-state index contributed by atoms with van der Waals surface area (Å²) < 4.78 is 11.3. The number of aryl methyl sites for hydroxylation is 1. The van der Waals surface area contributed by atoms with E-state index in [-0.39, 0.29) is 0 Å². The summed E-state index contributed by atoms with van der Waals surface area (Å²) in [5.74, 6) is 7.04. The van der Waals surface area contributed by atoms with Crippen molar-refractivity contribution >= 4 is 16.6 Å². The Morgan fingerprint density at radius 1 is 1.17 bits per heavy atom. The summed E-state index contributed by atoms with van der Waals surface area (Å²) >= 11 is 0. The molecule has 0 bridgehead atoms. The van der Waals surface area contributed by atoms with Crippen molar-refractivity contribution in [3.05, 3.63) is 23.9 Å². The lowest BCUT2D eigenvalue weighted by Crippen LogP contribution is -2.08. The first-order chi connectivity index (χ1) is 8.78. The number of anilines is 1. The van der Waals surface area contributed by atoms with E-state index in [0.717, 1.165) is 40.2 Å². The lowest BCUT2D eigenvalue weighted by molar-refractivity contribution is 0.297. The first kappa shape index (κ1) is 11.1. The van der Waals surface area contributed by atoms with Gasteiger partial charge in [-0.2, -0.15) is 0 Å². The minimum atomic E-state index is 0.670. The second kappa shape index (κ2) is 4.34. The molecule has 0 aliphatic carbocycles. The van der Waals surface area contributed by atoms with Crippen molar-refractivity contribution in [1.29, 1.82) is 0 Å². The van der Waals surface area contributed by atoms with Crippen molar-refractivity contribution in [1.82, 2.24) is 4.98 Å². The molecule has 94 valence electrons. The molecule has 3 N–H and O–H groups in total. The third kappa shape index (κ3) is 1.82. The van der Waals surface area contributed by atoms with Gasteiger partial charge in [-0.15, -0.1) is 0 Å². The van der Waals surface area contributed by atoms with Gasteiger partial charge in [-0.05, 0) is 19.1 Å². The van der Waals surface area contributed by atoms with E-state index in [1.165, 1.54) is 0 Å². The number of nitrogens with two attached hydrogens (primary N) is 1. The number of hydrogen-bond acceptors (Lipinski definition) is 5. The summed E-state index contributed by atoms with van der Waals surface area (Å²) in [5.41, 5.74) is 5.30. The first-order valence-corrected chi connectivity index (χ1v) is 5.95. The van der Waals surface area contributed by atoms with Gasteiger partial charge < -0.3 is 14.9 Å². The van der Waals surface area contributed by atoms with E-state index in [4.69, 9.17) is 15.3 Å². The molecule has 0 fully saturated rings. The smallest absolute Gasteiger partial charge is 0.163 e. The Kier molecular flexibility index (Phi) is 2.68. The standard InChI is InChI=1S/C13H15N3O2/c1-8-5-11(16-14)9-6-12-13(7-10(9)15-8)18-4-2-3-17-12/h5-7H,2-4,14H2,1H3,(H,15,16). The molecule has 1 aliphatic heterocycles. The van der Waals surface area contributed by atoms with Gasteiger partial charge in [0, 0.05) is 23.6 Å². The molecule has 1 aromatic carbocycles. The van der Waals surface area contributed by atoms with Gasteiger partial charge in [0.05, 0.1) is 24.4 Å². The number of aromatic nitrogens is 1. The molecule has 5 nitrogen and oxygen atoms in total. The molecular formula is C13H15N3O2. The van der Waals surface area contributed by atoms with Gasteiger partial charge in [-0.3, -0.25) is 10.8 Å². The molecule has 1 aromatic heterocycles. The first-order valence-electron chi connectivity index (χ1n) is 5.95. The van der Waals surface area contributed by atoms with Crippen LogP contribution in [0.2, 0.25) is 0 Å². The van der Waals surface area contributed by atoms with Crippen LogP contribution in [-0.4, -0.2) is 18.2 Å². The maximum Gasteiger partial charge on any atom is 0.163 e.